The number of methoxy groups -OCH3 is 2. The van der Waals surface area contributed by atoms with Gasteiger partial charge < -0.3 is 29.5 Å². The van der Waals surface area contributed by atoms with E-state index in [9.17, 15) is 19.5 Å². The second-order valence-corrected chi connectivity index (χ2v) is 13.4. The van der Waals surface area contributed by atoms with Crippen LogP contribution in [0.1, 0.15) is 72.9 Å². The maximum absolute atomic E-state index is 14.4. The Hall–Kier alpha value is -5.31. The molecule has 266 valence electrons. The minimum absolute atomic E-state index is 0.0468. The summed E-state index contributed by atoms with van der Waals surface area (Å²) in [5.74, 6) is 0.727. The van der Waals surface area contributed by atoms with Crippen LogP contribution in [0, 0.1) is 5.92 Å². The Kier molecular flexibility index (Phi) is 11.6. The van der Waals surface area contributed by atoms with Crippen molar-refractivity contribution in [3.8, 4) is 28.4 Å². The molecule has 1 saturated carbocycles. The fraction of sp³-hybridized carbons (Fsp3) is 0.357. The van der Waals surface area contributed by atoms with Crippen LogP contribution in [-0.2, 0) is 27.2 Å². The second-order valence-electron chi connectivity index (χ2n) is 13.4. The Labute approximate surface area is 299 Å². The second kappa shape index (κ2) is 16.6. The first-order chi connectivity index (χ1) is 24.8. The summed E-state index contributed by atoms with van der Waals surface area (Å²) in [6, 6.07) is 27.3. The van der Waals surface area contributed by atoms with Crippen LogP contribution in [-0.4, -0.2) is 55.2 Å². The number of carboxylic acid groups (broad SMARTS) is 1. The molecule has 2 atom stereocenters. The van der Waals surface area contributed by atoms with Crippen molar-refractivity contribution < 1.29 is 33.7 Å². The Morgan fingerprint density at radius 1 is 0.863 bits per heavy atom. The third kappa shape index (κ3) is 8.71. The summed E-state index contributed by atoms with van der Waals surface area (Å²) >= 11 is 0. The van der Waals surface area contributed by atoms with Gasteiger partial charge in [0.1, 0.15) is 11.8 Å². The largest absolute Gasteiger partial charge is 0.493 e. The molecule has 4 aromatic rings. The molecule has 2 amide bonds. The molecule has 2 N–H and O–H groups in total. The van der Waals surface area contributed by atoms with Gasteiger partial charge in [0.05, 0.1) is 33.3 Å². The Morgan fingerprint density at radius 2 is 1.59 bits per heavy atom. The van der Waals surface area contributed by atoms with Gasteiger partial charge in [0.2, 0.25) is 11.8 Å². The van der Waals surface area contributed by atoms with E-state index in [1.807, 2.05) is 91.0 Å². The van der Waals surface area contributed by atoms with Crippen molar-refractivity contribution in [1.82, 2.24) is 10.2 Å². The van der Waals surface area contributed by atoms with Crippen LogP contribution < -0.4 is 19.5 Å². The molecule has 2 unspecified atom stereocenters. The van der Waals surface area contributed by atoms with Gasteiger partial charge in [0.25, 0.3) is 0 Å². The zero-order valence-corrected chi connectivity index (χ0v) is 29.3. The number of nitrogens with one attached hydrogen (secondary N) is 1. The topological polar surface area (TPSA) is 114 Å². The van der Waals surface area contributed by atoms with E-state index >= 15 is 0 Å². The van der Waals surface area contributed by atoms with E-state index in [2.05, 4.69) is 5.32 Å². The summed E-state index contributed by atoms with van der Waals surface area (Å²) in [5.41, 5.74) is 5.40. The molecule has 0 radical (unpaired) electrons. The molecule has 0 bridgehead atoms. The van der Waals surface area contributed by atoms with Gasteiger partial charge in [0.15, 0.2) is 11.5 Å². The maximum Gasteiger partial charge on any atom is 0.305 e. The van der Waals surface area contributed by atoms with E-state index in [0.29, 0.717) is 66.7 Å². The number of fused-ring (bicyclic) bond motifs is 1. The Balaban J connectivity index is 1.25. The first-order valence-corrected chi connectivity index (χ1v) is 17.8. The summed E-state index contributed by atoms with van der Waals surface area (Å²) < 4.78 is 17.0. The number of hydrogen-bond donors (Lipinski definition) is 2. The van der Waals surface area contributed by atoms with E-state index in [0.717, 1.165) is 47.9 Å². The third-order valence-electron chi connectivity index (χ3n) is 10.1. The maximum atomic E-state index is 14.4. The lowest BCUT2D eigenvalue weighted by molar-refractivity contribution is -0.143. The zero-order valence-electron chi connectivity index (χ0n) is 29.3. The lowest BCUT2D eigenvalue weighted by Crippen LogP contribution is -2.48. The first-order valence-electron chi connectivity index (χ1n) is 17.8. The van der Waals surface area contributed by atoms with Crippen molar-refractivity contribution in [2.75, 3.05) is 27.4 Å². The molecule has 0 saturated heterocycles. The predicted octanol–water partition coefficient (Wildman–Crippen LogP) is 7.33. The van der Waals surface area contributed by atoms with Gasteiger partial charge in [-0.05, 0) is 82.8 Å². The van der Waals surface area contributed by atoms with Gasteiger partial charge in [-0.25, -0.2) is 0 Å². The SMILES string of the molecule is COc1ccc(CCOc2ccc3c(c2)C(C(=O)NC(CC(=O)O)c2ccc(-c4ccccc4)cc2)N(C(=O)CC2CCCC2)CC3)cc1OC. The van der Waals surface area contributed by atoms with Crippen molar-refractivity contribution in [2.45, 2.75) is 63.5 Å². The summed E-state index contributed by atoms with van der Waals surface area (Å²) in [4.78, 5) is 42.1. The molecule has 0 aromatic heterocycles. The fourth-order valence-corrected chi connectivity index (χ4v) is 7.35. The van der Waals surface area contributed by atoms with Crippen LogP contribution in [0.3, 0.4) is 0 Å². The summed E-state index contributed by atoms with van der Waals surface area (Å²) in [7, 11) is 3.20. The van der Waals surface area contributed by atoms with E-state index in [1.165, 1.54) is 0 Å². The number of carbonyl (C=O) groups is 3. The van der Waals surface area contributed by atoms with Crippen molar-refractivity contribution >= 4 is 17.8 Å². The summed E-state index contributed by atoms with van der Waals surface area (Å²) in [6.07, 6.45) is 5.61. The van der Waals surface area contributed by atoms with Crippen LogP contribution in [0.15, 0.2) is 91.0 Å². The molecule has 1 aliphatic heterocycles. The minimum atomic E-state index is -1.03. The Morgan fingerprint density at radius 3 is 2.29 bits per heavy atom. The van der Waals surface area contributed by atoms with E-state index < -0.39 is 24.0 Å². The molecule has 9 heteroatoms. The number of aliphatic carboxylic acids is 1. The summed E-state index contributed by atoms with van der Waals surface area (Å²) in [5, 5.41) is 12.9. The molecule has 0 spiro atoms. The molecular formula is C42H46N2O7. The molecule has 6 rings (SSSR count). The number of benzene rings is 4. The normalized spacial score (nSPS) is 16.2. The van der Waals surface area contributed by atoms with Crippen LogP contribution >= 0.6 is 0 Å². The number of ether oxygens (including phenoxy) is 3. The standard InChI is InChI=1S/C42H46N2O7/c1-49-37-19-12-29(24-38(37)50-2)21-23-51-34-18-17-32-20-22-44(39(45)25-28-8-6-7-9-28)41(35(32)26-34)42(48)43-36(27-40(46)47)33-15-13-31(14-16-33)30-10-4-3-5-11-30/h3-5,10-19,24,26,28,36,41H,6-9,20-23,25,27H2,1-2H3,(H,43,48)(H,46,47). The van der Waals surface area contributed by atoms with E-state index in [-0.39, 0.29) is 12.3 Å². The third-order valence-corrected chi connectivity index (χ3v) is 10.1. The predicted molar refractivity (Wildman–Crippen MR) is 195 cm³/mol. The van der Waals surface area contributed by atoms with Crippen molar-refractivity contribution in [2.24, 2.45) is 5.92 Å². The molecule has 1 aliphatic carbocycles. The number of amides is 2. The van der Waals surface area contributed by atoms with E-state index in [1.54, 1.807) is 19.1 Å². The molecule has 1 fully saturated rings. The fourth-order valence-electron chi connectivity index (χ4n) is 7.35. The van der Waals surface area contributed by atoms with Crippen molar-refractivity contribution in [3.63, 3.8) is 0 Å². The monoisotopic (exact) mass is 690 g/mol. The van der Waals surface area contributed by atoms with Crippen LogP contribution in [0.4, 0.5) is 0 Å². The quantitative estimate of drug-likeness (QED) is 0.142. The Bertz CT molecular complexity index is 1820. The van der Waals surface area contributed by atoms with Gasteiger partial charge in [-0.1, -0.05) is 79.6 Å². The molecular weight excluding hydrogens is 644 g/mol. The van der Waals surface area contributed by atoms with Gasteiger partial charge in [-0.2, -0.15) is 0 Å². The lowest BCUT2D eigenvalue weighted by atomic mass is 9.90. The van der Waals surface area contributed by atoms with E-state index in [4.69, 9.17) is 14.2 Å². The number of carbonyl (C=O) groups excluding carboxylic acids is 2. The number of rotatable bonds is 14. The van der Waals surface area contributed by atoms with Crippen molar-refractivity contribution in [1.29, 1.82) is 0 Å². The smallest absolute Gasteiger partial charge is 0.305 e. The highest BCUT2D eigenvalue weighted by Crippen LogP contribution is 2.37. The van der Waals surface area contributed by atoms with Crippen LogP contribution in [0.2, 0.25) is 0 Å². The zero-order chi connectivity index (χ0) is 35.7. The molecule has 51 heavy (non-hydrogen) atoms. The average Bonchev–Trinajstić information content (AvgIpc) is 3.67. The molecule has 9 nitrogen and oxygen atoms in total. The van der Waals surface area contributed by atoms with Crippen molar-refractivity contribution in [3.05, 3.63) is 113 Å². The minimum Gasteiger partial charge on any atom is -0.493 e. The number of carboxylic acids is 1. The van der Waals surface area contributed by atoms with Crippen LogP contribution in [0.5, 0.6) is 17.2 Å². The van der Waals surface area contributed by atoms with Gasteiger partial charge in [0, 0.05) is 19.4 Å². The highest BCUT2D eigenvalue weighted by atomic mass is 16.5. The highest BCUT2D eigenvalue weighted by Gasteiger charge is 2.38. The molecule has 4 aromatic carbocycles. The van der Waals surface area contributed by atoms with Gasteiger partial charge in [-0.15, -0.1) is 0 Å². The molecule has 1 heterocycles. The highest BCUT2D eigenvalue weighted by molar-refractivity contribution is 5.90. The van der Waals surface area contributed by atoms with Gasteiger partial charge in [-0.3, -0.25) is 14.4 Å². The summed E-state index contributed by atoms with van der Waals surface area (Å²) in [6.45, 7) is 0.792. The average molecular weight is 691 g/mol. The lowest BCUT2D eigenvalue weighted by Gasteiger charge is -2.38. The molecule has 2 aliphatic rings. The first kappa shape index (κ1) is 35.5. The van der Waals surface area contributed by atoms with Crippen LogP contribution in [0.25, 0.3) is 11.1 Å². The number of hydrogen-bond acceptors (Lipinski definition) is 6. The van der Waals surface area contributed by atoms with Gasteiger partial charge >= 0.3 is 5.97 Å². The number of nitrogens with zero attached hydrogens (tertiary/aromatic N) is 1.